The maximum absolute atomic E-state index is 5.89. The molecule has 0 radical (unpaired) electrons. The van der Waals surface area contributed by atoms with Gasteiger partial charge in [0.05, 0.1) is 6.61 Å². The third-order valence-electron chi connectivity index (χ3n) is 3.36. The molecule has 0 spiro atoms. The standard InChI is InChI=1S/C14H19NO3/c1-2-6-14-13(5-1)17-10-12(18-14)8-15-11-4-3-7-16-9-11/h1-2,5-6,11-12,15H,3-4,7-10H2. The van der Waals surface area contributed by atoms with Crippen molar-refractivity contribution >= 4 is 0 Å². The first-order valence-electron chi connectivity index (χ1n) is 6.61. The summed E-state index contributed by atoms with van der Waals surface area (Å²) in [4.78, 5) is 0. The van der Waals surface area contributed by atoms with E-state index in [9.17, 15) is 0 Å². The quantitative estimate of drug-likeness (QED) is 0.883. The Kier molecular flexibility index (Phi) is 3.67. The lowest BCUT2D eigenvalue weighted by atomic mass is 10.1. The molecule has 0 aliphatic carbocycles. The molecule has 18 heavy (non-hydrogen) atoms. The Bertz CT molecular complexity index is 390. The van der Waals surface area contributed by atoms with E-state index in [-0.39, 0.29) is 6.10 Å². The average Bonchev–Trinajstić information content (AvgIpc) is 2.46. The first-order valence-corrected chi connectivity index (χ1v) is 6.61. The third-order valence-corrected chi connectivity index (χ3v) is 3.36. The van der Waals surface area contributed by atoms with E-state index in [1.807, 2.05) is 24.3 Å². The van der Waals surface area contributed by atoms with Crippen molar-refractivity contribution in [3.8, 4) is 11.5 Å². The molecule has 0 bridgehead atoms. The largest absolute Gasteiger partial charge is 0.486 e. The number of benzene rings is 1. The zero-order valence-electron chi connectivity index (χ0n) is 10.4. The van der Waals surface area contributed by atoms with Gasteiger partial charge in [0.25, 0.3) is 0 Å². The molecule has 1 aromatic rings. The van der Waals surface area contributed by atoms with Crippen molar-refractivity contribution in [2.75, 3.05) is 26.4 Å². The molecule has 0 saturated carbocycles. The van der Waals surface area contributed by atoms with Crippen LogP contribution in [-0.4, -0.2) is 38.5 Å². The molecule has 0 aromatic heterocycles. The van der Waals surface area contributed by atoms with Gasteiger partial charge in [-0.15, -0.1) is 0 Å². The summed E-state index contributed by atoms with van der Waals surface area (Å²) < 4.78 is 17.0. The molecule has 0 amide bonds. The minimum atomic E-state index is 0.0850. The summed E-state index contributed by atoms with van der Waals surface area (Å²) in [5.41, 5.74) is 0. The van der Waals surface area contributed by atoms with Gasteiger partial charge in [-0.25, -0.2) is 0 Å². The van der Waals surface area contributed by atoms with Gasteiger partial charge in [0.15, 0.2) is 11.5 Å². The van der Waals surface area contributed by atoms with Crippen LogP contribution in [0, 0.1) is 0 Å². The minimum absolute atomic E-state index is 0.0850. The predicted octanol–water partition coefficient (Wildman–Crippen LogP) is 1.59. The monoisotopic (exact) mass is 249 g/mol. The van der Waals surface area contributed by atoms with Crippen LogP contribution in [0.3, 0.4) is 0 Å². The number of hydrogen-bond donors (Lipinski definition) is 1. The van der Waals surface area contributed by atoms with E-state index in [1.54, 1.807) is 0 Å². The van der Waals surface area contributed by atoms with Crippen LogP contribution >= 0.6 is 0 Å². The van der Waals surface area contributed by atoms with E-state index in [0.29, 0.717) is 12.6 Å². The molecule has 1 saturated heterocycles. The van der Waals surface area contributed by atoms with Gasteiger partial charge >= 0.3 is 0 Å². The van der Waals surface area contributed by atoms with Crippen molar-refractivity contribution in [2.45, 2.75) is 25.0 Å². The Morgan fingerprint density at radius 1 is 1.17 bits per heavy atom. The van der Waals surface area contributed by atoms with Crippen molar-refractivity contribution < 1.29 is 14.2 Å². The van der Waals surface area contributed by atoms with Crippen LogP contribution in [0.4, 0.5) is 0 Å². The van der Waals surface area contributed by atoms with Crippen LogP contribution in [0.1, 0.15) is 12.8 Å². The summed E-state index contributed by atoms with van der Waals surface area (Å²) in [6.07, 6.45) is 2.41. The summed E-state index contributed by atoms with van der Waals surface area (Å²) in [5.74, 6) is 1.69. The van der Waals surface area contributed by atoms with Crippen LogP contribution in [0.2, 0.25) is 0 Å². The van der Waals surface area contributed by atoms with E-state index >= 15 is 0 Å². The number of nitrogens with one attached hydrogen (secondary N) is 1. The summed E-state index contributed by atoms with van der Waals surface area (Å²) in [5, 5.41) is 3.49. The SMILES string of the molecule is c1ccc2c(c1)OCC(CNC1CCCOC1)O2. The Hall–Kier alpha value is -1.26. The molecule has 2 atom stereocenters. The van der Waals surface area contributed by atoms with Gasteiger partial charge in [0.2, 0.25) is 0 Å². The van der Waals surface area contributed by atoms with Crippen molar-refractivity contribution in [2.24, 2.45) is 0 Å². The number of ether oxygens (including phenoxy) is 3. The van der Waals surface area contributed by atoms with Crippen molar-refractivity contribution in [3.05, 3.63) is 24.3 Å². The van der Waals surface area contributed by atoms with Crippen LogP contribution in [0.15, 0.2) is 24.3 Å². The number of hydrogen-bond acceptors (Lipinski definition) is 4. The maximum atomic E-state index is 5.89. The normalized spacial score (nSPS) is 26.9. The van der Waals surface area contributed by atoms with Crippen LogP contribution in [-0.2, 0) is 4.74 Å². The molecular formula is C14H19NO3. The topological polar surface area (TPSA) is 39.7 Å². The second-order valence-electron chi connectivity index (χ2n) is 4.82. The Labute approximate surface area is 107 Å². The Balaban J connectivity index is 1.50. The first kappa shape index (κ1) is 11.8. The molecule has 2 aliphatic heterocycles. The van der Waals surface area contributed by atoms with Gasteiger partial charge in [-0.1, -0.05) is 12.1 Å². The van der Waals surface area contributed by atoms with Crippen LogP contribution in [0.5, 0.6) is 11.5 Å². The molecule has 1 aromatic carbocycles. The second kappa shape index (κ2) is 5.59. The van der Waals surface area contributed by atoms with Gasteiger partial charge in [-0.3, -0.25) is 0 Å². The minimum Gasteiger partial charge on any atom is -0.486 e. The highest BCUT2D eigenvalue weighted by molar-refractivity contribution is 5.40. The molecule has 3 rings (SSSR count). The maximum Gasteiger partial charge on any atom is 0.161 e. The molecule has 2 aliphatic rings. The fraction of sp³-hybridized carbons (Fsp3) is 0.571. The summed E-state index contributed by atoms with van der Waals surface area (Å²) in [6.45, 7) is 3.12. The number of fused-ring (bicyclic) bond motifs is 1. The van der Waals surface area contributed by atoms with Crippen molar-refractivity contribution in [1.29, 1.82) is 0 Å². The third kappa shape index (κ3) is 2.76. The zero-order chi connectivity index (χ0) is 12.2. The van der Waals surface area contributed by atoms with Gasteiger partial charge in [0.1, 0.15) is 12.7 Å². The molecule has 4 nitrogen and oxygen atoms in total. The smallest absolute Gasteiger partial charge is 0.161 e. The lowest BCUT2D eigenvalue weighted by Crippen LogP contribution is -2.45. The Morgan fingerprint density at radius 2 is 2.06 bits per heavy atom. The molecule has 1 N–H and O–H groups in total. The van der Waals surface area contributed by atoms with Crippen molar-refractivity contribution in [1.82, 2.24) is 5.32 Å². The molecular weight excluding hydrogens is 230 g/mol. The van der Waals surface area contributed by atoms with Crippen LogP contribution in [0.25, 0.3) is 0 Å². The molecule has 98 valence electrons. The first-order chi connectivity index (χ1) is 8.92. The summed E-state index contributed by atoms with van der Waals surface area (Å²) >= 11 is 0. The highest BCUT2D eigenvalue weighted by atomic mass is 16.6. The van der Waals surface area contributed by atoms with Gasteiger partial charge in [-0.2, -0.15) is 0 Å². The molecule has 2 heterocycles. The molecule has 2 unspecified atom stereocenters. The lowest BCUT2D eigenvalue weighted by Gasteiger charge is -2.29. The van der Waals surface area contributed by atoms with Gasteiger partial charge < -0.3 is 19.5 Å². The van der Waals surface area contributed by atoms with E-state index < -0.39 is 0 Å². The van der Waals surface area contributed by atoms with E-state index in [1.165, 1.54) is 6.42 Å². The molecule has 4 heteroatoms. The van der Waals surface area contributed by atoms with Gasteiger partial charge in [0, 0.05) is 19.2 Å². The second-order valence-corrected chi connectivity index (χ2v) is 4.82. The lowest BCUT2D eigenvalue weighted by molar-refractivity contribution is 0.0544. The van der Waals surface area contributed by atoms with Crippen LogP contribution < -0.4 is 14.8 Å². The Morgan fingerprint density at radius 3 is 2.89 bits per heavy atom. The number of rotatable bonds is 3. The fourth-order valence-electron chi connectivity index (χ4n) is 2.36. The summed E-state index contributed by atoms with van der Waals surface area (Å²) in [6, 6.07) is 8.27. The summed E-state index contributed by atoms with van der Waals surface area (Å²) in [7, 11) is 0. The predicted molar refractivity (Wildman–Crippen MR) is 68.2 cm³/mol. The molecule has 1 fully saturated rings. The van der Waals surface area contributed by atoms with E-state index in [0.717, 1.165) is 37.7 Å². The van der Waals surface area contributed by atoms with E-state index in [2.05, 4.69) is 5.32 Å². The average molecular weight is 249 g/mol. The zero-order valence-corrected chi connectivity index (χ0v) is 10.4. The van der Waals surface area contributed by atoms with Gasteiger partial charge in [-0.05, 0) is 25.0 Å². The highest BCUT2D eigenvalue weighted by Gasteiger charge is 2.22. The van der Waals surface area contributed by atoms with Crippen molar-refractivity contribution in [3.63, 3.8) is 0 Å². The fourth-order valence-corrected chi connectivity index (χ4v) is 2.36. The van der Waals surface area contributed by atoms with E-state index in [4.69, 9.17) is 14.2 Å². The number of para-hydroxylation sites is 2. The highest BCUT2D eigenvalue weighted by Crippen LogP contribution is 2.30.